The maximum atomic E-state index is 13.5. The summed E-state index contributed by atoms with van der Waals surface area (Å²) in [6.07, 6.45) is 0. The highest BCUT2D eigenvalue weighted by Crippen LogP contribution is 2.25. The second-order valence-corrected chi connectivity index (χ2v) is 10.4. The predicted octanol–water partition coefficient (Wildman–Crippen LogP) is 4.28. The summed E-state index contributed by atoms with van der Waals surface area (Å²) in [6.45, 7) is 1.87. The lowest BCUT2D eigenvalue weighted by Gasteiger charge is -2.09. The van der Waals surface area contributed by atoms with Crippen molar-refractivity contribution in [3.8, 4) is 0 Å². The van der Waals surface area contributed by atoms with Crippen molar-refractivity contribution in [1.29, 1.82) is 0 Å². The monoisotopic (exact) mass is 489 g/mol. The number of benzene rings is 3. The molecule has 0 atom stereocenters. The Kier molecular flexibility index (Phi) is 5.80. The molecule has 5 rings (SSSR count). The zero-order chi connectivity index (χ0) is 23.7. The normalized spacial score (nSPS) is 11.7. The number of rotatable bonds is 6. The van der Waals surface area contributed by atoms with Crippen LogP contribution in [0.1, 0.15) is 5.69 Å². The highest BCUT2D eigenvalue weighted by molar-refractivity contribution is 8.00. The first-order valence-electron chi connectivity index (χ1n) is 10.6. The first-order chi connectivity index (χ1) is 16.4. The molecule has 2 N–H and O–H groups in total. The summed E-state index contributed by atoms with van der Waals surface area (Å²) in [6, 6.07) is 24.8. The van der Waals surface area contributed by atoms with Crippen molar-refractivity contribution in [2.75, 3.05) is 11.1 Å². The van der Waals surface area contributed by atoms with Gasteiger partial charge in [-0.25, -0.2) is 4.98 Å². The number of aryl methyl sites for hydroxylation is 1. The molecule has 0 saturated heterocycles. The molecule has 0 radical (unpaired) electrons. The van der Waals surface area contributed by atoms with Crippen LogP contribution in [-0.4, -0.2) is 30.0 Å². The molecule has 7 nitrogen and oxygen atoms in total. The first-order valence-corrected chi connectivity index (χ1v) is 13.0. The maximum Gasteiger partial charge on any atom is 0.336 e. The predicted molar refractivity (Wildman–Crippen MR) is 133 cm³/mol. The van der Waals surface area contributed by atoms with E-state index in [9.17, 15) is 13.2 Å². The van der Waals surface area contributed by atoms with Crippen LogP contribution >= 0.6 is 11.8 Å². The van der Waals surface area contributed by atoms with Gasteiger partial charge in [0.2, 0.25) is 5.91 Å². The Morgan fingerprint density at radius 1 is 1.00 bits per heavy atom. The van der Waals surface area contributed by atoms with Crippen molar-refractivity contribution in [2.45, 2.75) is 17.0 Å². The molecule has 9 heteroatoms. The van der Waals surface area contributed by atoms with Crippen molar-refractivity contribution in [2.24, 2.45) is 0 Å². The number of pyridine rings is 1. The molecule has 2 aromatic heterocycles. The van der Waals surface area contributed by atoms with E-state index >= 15 is 0 Å². The van der Waals surface area contributed by atoms with Crippen LogP contribution in [0.25, 0.3) is 21.9 Å². The van der Waals surface area contributed by atoms with Crippen LogP contribution in [0.4, 0.5) is 5.69 Å². The van der Waals surface area contributed by atoms with Gasteiger partial charge in [0.25, 0.3) is 0 Å². The van der Waals surface area contributed by atoms with Gasteiger partial charge in [0.05, 0.1) is 17.0 Å². The second kappa shape index (κ2) is 8.92. The number of carbonyl (C=O) groups excluding carboxylic acids is 1. The summed E-state index contributed by atoms with van der Waals surface area (Å²) in [7, 11) is -3.87. The molecule has 0 spiro atoms. The fraction of sp³-hybridized carbons (Fsp3) is 0.0800. The van der Waals surface area contributed by atoms with Crippen LogP contribution in [0.5, 0.6) is 0 Å². The number of H-pyrrole nitrogens is 1. The number of imidazole rings is 1. The van der Waals surface area contributed by atoms with Crippen LogP contribution in [0.2, 0.25) is 0 Å². The molecule has 34 heavy (non-hydrogen) atoms. The summed E-state index contributed by atoms with van der Waals surface area (Å²) in [4.78, 5) is 20.7. The SMILES string of the molecule is Cc1cc(NC(=O)CSc2[nH]c3ccccc3[n+]2S(=O)(=O)c2ccccc2)c2ccccc2n1. The Morgan fingerprint density at radius 3 is 2.53 bits per heavy atom. The zero-order valence-electron chi connectivity index (χ0n) is 18.2. The molecule has 5 aromatic rings. The number of nitrogens with zero attached hydrogens (tertiary/aromatic N) is 2. The summed E-state index contributed by atoms with van der Waals surface area (Å²) in [5.41, 5.74) is 3.46. The highest BCUT2D eigenvalue weighted by atomic mass is 32.2. The molecular weight excluding hydrogens is 468 g/mol. The molecule has 170 valence electrons. The topological polar surface area (TPSA) is 95.8 Å². The number of nitrogens with one attached hydrogen (secondary N) is 2. The average molecular weight is 490 g/mol. The number of para-hydroxylation sites is 3. The minimum absolute atomic E-state index is 0.0207. The minimum atomic E-state index is -3.87. The van der Waals surface area contributed by atoms with E-state index < -0.39 is 10.0 Å². The van der Waals surface area contributed by atoms with Gasteiger partial charge in [-0.05, 0) is 55.1 Å². The molecular formula is C25H21N4O3S2+. The van der Waals surface area contributed by atoms with Gasteiger partial charge in [0.1, 0.15) is 4.90 Å². The Morgan fingerprint density at radius 2 is 1.71 bits per heavy atom. The molecule has 0 bridgehead atoms. The highest BCUT2D eigenvalue weighted by Gasteiger charge is 2.31. The van der Waals surface area contributed by atoms with Gasteiger partial charge < -0.3 is 5.32 Å². The van der Waals surface area contributed by atoms with E-state index in [4.69, 9.17) is 0 Å². The molecule has 0 saturated carbocycles. The fourth-order valence-electron chi connectivity index (χ4n) is 3.79. The van der Waals surface area contributed by atoms with E-state index in [1.807, 2.05) is 49.4 Å². The molecule has 1 amide bonds. The number of hydrogen-bond donors (Lipinski definition) is 2. The number of thioether (sulfide) groups is 1. The van der Waals surface area contributed by atoms with Crippen molar-refractivity contribution >= 4 is 55.3 Å². The standard InChI is InChI=1S/C25H20N4O3S2/c1-17-15-22(19-11-5-6-12-20(19)26-17)27-24(30)16-33-25-28-21-13-7-8-14-23(21)29(25)34(31,32)18-9-3-2-4-10-18/h2-15H,16H2,1H3,(H,26,27,30)/p+1. The van der Waals surface area contributed by atoms with Gasteiger partial charge in [-0.2, -0.15) is 8.42 Å². The van der Waals surface area contributed by atoms with Crippen LogP contribution in [0.15, 0.2) is 95.0 Å². The van der Waals surface area contributed by atoms with E-state index in [1.165, 1.54) is 3.97 Å². The van der Waals surface area contributed by atoms with Gasteiger partial charge in [-0.15, -0.1) is 3.97 Å². The van der Waals surface area contributed by atoms with Crippen LogP contribution < -0.4 is 9.29 Å². The molecule has 0 unspecified atom stereocenters. The van der Waals surface area contributed by atoms with Crippen molar-refractivity contribution in [3.63, 3.8) is 0 Å². The smallest absolute Gasteiger partial charge is 0.325 e. The second-order valence-electron chi connectivity index (χ2n) is 7.69. The summed E-state index contributed by atoms with van der Waals surface area (Å²) < 4.78 is 28.2. The Hall–Kier alpha value is -3.69. The Balaban J connectivity index is 1.45. The molecule has 0 aliphatic carbocycles. The lowest BCUT2D eigenvalue weighted by Crippen LogP contribution is -2.44. The molecule has 0 aliphatic rings. The molecule has 0 aliphatic heterocycles. The molecule has 0 fully saturated rings. The number of amides is 1. The third-order valence-corrected chi connectivity index (χ3v) is 8.10. The number of hydrogen-bond acceptors (Lipinski definition) is 5. The lowest BCUT2D eigenvalue weighted by atomic mass is 10.1. The van der Waals surface area contributed by atoms with Crippen molar-refractivity contribution in [3.05, 3.63) is 90.6 Å². The van der Waals surface area contributed by atoms with E-state index in [2.05, 4.69) is 15.3 Å². The number of aromatic nitrogens is 3. The van der Waals surface area contributed by atoms with E-state index in [-0.39, 0.29) is 16.6 Å². The van der Waals surface area contributed by atoms with Crippen LogP contribution in [-0.2, 0) is 14.8 Å². The Labute approximate surface area is 200 Å². The number of aromatic amines is 1. The van der Waals surface area contributed by atoms with E-state index in [1.54, 1.807) is 42.5 Å². The van der Waals surface area contributed by atoms with Crippen molar-refractivity contribution in [1.82, 2.24) is 9.97 Å². The number of fused-ring (bicyclic) bond motifs is 2. The number of carbonyl (C=O) groups is 1. The maximum absolute atomic E-state index is 13.5. The fourth-order valence-corrected chi connectivity index (χ4v) is 6.38. The Bertz CT molecular complexity index is 1630. The van der Waals surface area contributed by atoms with Gasteiger partial charge in [-0.3, -0.25) is 9.78 Å². The molecule has 2 heterocycles. The first kappa shape index (κ1) is 22.1. The van der Waals surface area contributed by atoms with Gasteiger partial charge >= 0.3 is 15.2 Å². The largest absolute Gasteiger partial charge is 0.336 e. The van der Waals surface area contributed by atoms with Gasteiger partial charge in [0, 0.05) is 11.1 Å². The summed E-state index contributed by atoms with van der Waals surface area (Å²) in [5, 5.41) is 4.15. The van der Waals surface area contributed by atoms with Crippen molar-refractivity contribution < 1.29 is 17.2 Å². The quantitative estimate of drug-likeness (QED) is 0.274. The number of anilines is 1. The lowest BCUT2D eigenvalue weighted by molar-refractivity contribution is -0.526. The van der Waals surface area contributed by atoms with E-state index in [0.717, 1.165) is 28.4 Å². The average Bonchev–Trinajstić information content (AvgIpc) is 3.22. The van der Waals surface area contributed by atoms with Gasteiger partial charge in [0.15, 0.2) is 11.0 Å². The van der Waals surface area contributed by atoms with E-state index in [0.29, 0.717) is 21.9 Å². The summed E-state index contributed by atoms with van der Waals surface area (Å²) in [5.74, 6) is -0.226. The zero-order valence-corrected chi connectivity index (χ0v) is 19.9. The van der Waals surface area contributed by atoms with Gasteiger partial charge in [-0.1, -0.05) is 48.5 Å². The third-order valence-electron chi connectivity index (χ3n) is 5.29. The minimum Gasteiger partial charge on any atom is -0.325 e. The third kappa shape index (κ3) is 4.15. The van der Waals surface area contributed by atoms with Crippen LogP contribution in [0.3, 0.4) is 0 Å². The summed E-state index contributed by atoms with van der Waals surface area (Å²) >= 11 is 1.13. The molecule has 3 aromatic carbocycles. The van der Waals surface area contributed by atoms with Crippen LogP contribution in [0, 0.1) is 6.92 Å².